The van der Waals surface area contributed by atoms with Gasteiger partial charge in [-0.05, 0) is 18.9 Å². The lowest BCUT2D eigenvalue weighted by Crippen LogP contribution is -1.99. The summed E-state index contributed by atoms with van der Waals surface area (Å²) in [6.45, 7) is 0.835. The van der Waals surface area contributed by atoms with Gasteiger partial charge in [-0.1, -0.05) is 30.4 Å². The van der Waals surface area contributed by atoms with Crippen LogP contribution in [0.4, 0.5) is 0 Å². The first-order valence-electron chi connectivity index (χ1n) is 4.35. The lowest BCUT2D eigenvalue weighted by Gasteiger charge is -2.10. The van der Waals surface area contributed by atoms with Crippen LogP contribution in [0.1, 0.15) is 18.4 Å². The number of para-hydroxylation sites is 1. The van der Waals surface area contributed by atoms with Gasteiger partial charge in [-0.2, -0.15) is 0 Å². The number of fused-ring (bicyclic) bond motifs is 1. The third-order valence-corrected chi connectivity index (χ3v) is 1.99. The second-order valence-electron chi connectivity index (χ2n) is 2.93. The van der Waals surface area contributed by atoms with Crippen molar-refractivity contribution >= 4 is 6.08 Å². The quantitative estimate of drug-likeness (QED) is 0.567. The molecule has 0 N–H and O–H groups in total. The fourth-order valence-corrected chi connectivity index (χ4v) is 1.34. The molecule has 1 aromatic carbocycles. The van der Waals surface area contributed by atoms with Gasteiger partial charge in [-0.15, -0.1) is 0 Å². The summed E-state index contributed by atoms with van der Waals surface area (Å²) in [7, 11) is 0. The SMILES string of the molecule is C1=C\c2ccccc2OCCC/1. The molecule has 0 aromatic heterocycles. The van der Waals surface area contributed by atoms with Crippen LogP contribution in [-0.4, -0.2) is 6.61 Å². The molecule has 0 aliphatic carbocycles. The molecule has 2 rings (SSSR count). The Kier molecular flexibility index (Phi) is 2.12. The molecule has 0 fully saturated rings. The second kappa shape index (κ2) is 3.44. The smallest absolute Gasteiger partial charge is 0.126 e. The van der Waals surface area contributed by atoms with E-state index in [0.717, 1.165) is 25.2 Å². The Morgan fingerprint density at radius 1 is 1.17 bits per heavy atom. The van der Waals surface area contributed by atoms with Crippen LogP contribution in [0.2, 0.25) is 0 Å². The highest BCUT2D eigenvalue weighted by Gasteiger charge is 2.00. The van der Waals surface area contributed by atoms with Gasteiger partial charge >= 0.3 is 0 Å². The number of ether oxygens (including phenoxy) is 1. The summed E-state index contributed by atoms with van der Waals surface area (Å²) in [5.74, 6) is 1.01. The molecule has 1 aliphatic rings. The highest BCUT2D eigenvalue weighted by molar-refractivity contribution is 5.57. The van der Waals surface area contributed by atoms with Crippen molar-refractivity contribution in [2.75, 3.05) is 6.61 Å². The highest BCUT2D eigenvalue weighted by atomic mass is 16.5. The predicted octanol–water partition coefficient (Wildman–Crippen LogP) is 2.87. The van der Waals surface area contributed by atoms with E-state index in [9.17, 15) is 0 Å². The minimum Gasteiger partial charge on any atom is -0.493 e. The Hall–Kier alpha value is -1.24. The molecule has 62 valence electrons. The van der Waals surface area contributed by atoms with E-state index in [0.29, 0.717) is 0 Å². The lowest BCUT2D eigenvalue weighted by molar-refractivity contribution is 0.310. The molecule has 0 bridgehead atoms. The van der Waals surface area contributed by atoms with Crippen LogP contribution in [-0.2, 0) is 0 Å². The van der Waals surface area contributed by atoms with Crippen LogP contribution in [0.3, 0.4) is 0 Å². The zero-order chi connectivity index (χ0) is 8.23. The minimum atomic E-state index is 0.835. The molecule has 0 radical (unpaired) electrons. The maximum absolute atomic E-state index is 5.58. The van der Waals surface area contributed by atoms with Crippen LogP contribution in [0.25, 0.3) is 6.08 Å². The summed E-state index contributed by atoms with van der Waals surface area (Å²) in [6.07, 6.45) is 6.58. The van der Waals surface area contributed by atoms with E-state index in [1.54, 1.807) is 0 Å². The molecular formula is C11H12O. The Bertz CT molecular complexity index is 289. The standard InChI is InChI=1S/C11H12O/c1-2-6-10-7-3-4-8-11(10)12-9-5-1/h2-4,6-8H,1,5,9H2/b6-2-. The third-order valence-electron chi connectivity index (χ3n) is 1.99. The van der Waals surface area contributed by atoms with Gasteiger partial charge < -0.3 is 4.74 Å². The zero-order valence-electron chi connectivity index (χ0n) is 6.99. The Labute approximate surface area is 72.7 Å². The Balaban J connectivity index is 2.36. The topological polar surface area (TPSA) is 9.23 Å². The molecule has 0 amide bonds. The van der Waals surface area contributed by atoms with Gasteiger partial charge in [0.2, 0.25) is 0 Å². The first kappa shape index (κ1) is 7.41. The van der Waals surface area contributed by atoms with Crippen molar-refractivity contribution in [3.63, 3.8) is 0 Å². The van der Waals surface area contributed by atoms with Gasteiger partial charge in [0.1, 0.15) is 5.75 Å². The van der Waals surface area contributed by atoms with E-state index in [2.05, 4.69) is 18.2 Å². The number of benzene rings is 1. The van der Waals surface area contributed by atoms with Gasteiger partial charge in [0.15, 0.2) is 0 Å². The number of rotatable bonds is 0. The van der Waals surface area contributed by atoms with E-state index in [-0.39, 0.29) is 0 Å². The van der Waals surface area contributed by atoms with Crippen molar-refractivity contribution in [2.45, 2.75) is 12.8 Å². The molecule has 12 heavy (non-hydrogen) atoms. The summed E-state index contributed by atoms with van der Waals surface area (Å²) in [5.41, 5.74) is 1.19. The lowest BCUT2D eigenvalue weighted by atomic mass is 10.1. The van der Waals surface area contributed by atoms with Crippen LogP contribution in [0.5, 0.6) is 5.75 Å². The molecule has 1 aromatic rings. The van der Waals surface area contributed by atoms with Crippen LogP contribution >= 0.6 is 0 Å². The molecule has 0 atom stereocenters. The van der Waals surface area contributed by atoms with E-state index < -0.39 is 0 Å². The van der Waals surface area contributed by atoms with E-state index in [1.165, 1.54) is 5.56 Å². The Morgan fingerprint density at radius 2 is 2.08 bits per heavy atom. The summed E-state index contributed by atoms with van der Waals surface area (Å²) in [6, 6.07) is 8.14. The molecule has 1 aliphatic heterocycles. The van der Waals surface area contributed by atoms with Crippen molar-refractivity contribution in [3.8, 4) is 5.75 Å². The maximum Gasteiger partial charge on any atom is 0.126 e. The average Bonchev–Trinajstić information content (AvgIpc) is 2.06. The van der Waals surface area contributed by atoms with Crippen LogP contribution in [0, 0.1) is 0 Å². The largest absolute Gasteiger partial charge is 0.493 e. The summed E-state index contributed by atoms with van der Waals surface area (Å²) in [4.78, 5) is 0. The number of hydrogen-bond donors (Lipinski definition) is 0. The fourth-order valence-electron chi connectivity index (χ4n) is 1.34. The summed E-state index contributed by atoms with van der Waals surface area (Å²) < 4.78 is 5.58. The molecule has 1 nitrogen and oxygen atoms in total. The van der Waals surface area contributed by atoms with Crippen molar-refractivity contribution in [2.24, 2.45) is 0 Å². The predicted molar refractivity (Wildman–Crippen MR) is 50.2 cm³/mol. The van der Waals surface area contributed by atoms with Crippen LogP contribution < -0.4 is 4.74 Å². The highest BCUT2D eigenvalue weighted by Crippen LogP contribution is 2.21. The van der Waals surface area contributed by atoms with E-state index >= 15 is 0 Å². The molecule has 0 spiro atoms. The summed E-state index contributed by atoms with van der Waals surface area (Å²) in [5, 5.41) is 0. The third kappa shape index (κ3) is 1.50. The fraction of sp³-hybridized carbons (Fsp3) is 0.273. The molecular weight excluding hydrogens is 148 g/mol. The summed E-state index contributed by atoms with van der Waals surface area (Å²) >= 11 is 0. The Morgan fingerprint density at radius 3 is 3.08 bits per heavy atom. The van der Waals surface area contributed by atoms with Gasteiger partial charge in [0.25, 0.3) is 0 Å². The molecule has 0 saturated heterocycles. The van der Waals surface area contributed by atoms with E-state index in [1.807, 2.05) is 18.2 Å². The van der Waals surface area contributed by atoms with Gasteiger partial charge in [0, 0.05) is 5.56 Å². The first-order valence-corrected chi connectivity index (χ1v) is 4.35. The van der Waals surface area contributed by atoms with Gasteiger partial charge in [0.05, 0.1) is 6.61 Å². The normalized spacial score (nSPS) is 18.3. The second-order valence-corrected chi connectivity index (χ2v) is 2.93. The average molecular weight is 160 g/mol. The molecule has 0 saturated carbocycles. The van der Waals surface area contributed by atoms with Gasteiger partial charge in [-0.25, -0.2) is 0 Å². The minimum absolute atomic E-state index is 0.835. The monoisotopic (exact) mass is 160 g/mol. The van der Waals surface area contributed by atoms with Crippen molar-refractivity contribution in [3.05, 3.63) is 35.9 Å². The van der Waals surface area contributed by atoms with E-state index in [4.69, 9.17) is 4.74 Å². The molecule has 1 heterocycles. The maximum atomic E-state index is 5.58. The first-order chi connectivity index (χ1) is 5.97. The van der Waals surface area contributed by atoms with Gasteiger partial charge in [-0.3, -0.25) is 0 Å². The van der Waals surface area contributed by atoms with Crippen molar-refractivity contribution in [1.29, 1.82) is 0 Å². The van der Waals surface area contributed by atoms with Crippen molar-refractivity contribution < 1.29 is 4.74 Å². The number of allylic oxidation sites excluding steroid dienone is 1. The molecule has 1 heteroatoms. The molecule has 0 unspecified atom stereocenters. The van der Waals surface area contributed by atoms with Crippen molar-refractivity contribution in [1.82, 2.24) is 0 Å². The number of hydrogen-bond acceptors (Lipinski definition) is 1. The zero-order valence-corrected chi connectivity index (χ0v) is 6.99. The van der Waals surface area contributed by atoms with Crippen LogP contribution in [0.15, 0.2) is 30.3 Å².